The Balaban J connectivity index is 1.83. The lowest BCUT2D eigenvalue weighted by Gasteiger charge is -2.13. The van der Waals surface area contributed by atoms with Crippen molar-refractivity contribution in [3.05, 3.63) is 70.8 Å². The fourth-order valence-electron chi connectivity index (χ4n) is 2.56. The van der Waals surface area contributed by atoms with Crippen molar-refractivity contribution in [2.45, 2.75) is 19.1 Å². The normalized spacial score (nSPS) is 11.8. The number of nitrogens with one attached hydrogen (secondary N) is 3. The van der Waals surface area contributed by atoms with Crippen LogP contribution < -0.4 is 16.0 Å². The average Bonchev–Trinajstić information content (AvgIpc) is 2.69. The van der Waals surface area contributed by atoms with E-state index in [1.54, 1.807) is 20.2 Å². The Labute approximate surface area is 162 Å². The van der Waals surface area contributed by atoms with Crippen LogP contribution in [-0.2, 0) is 19.1 Å². The third-order valence-corrected chi connectivity index (χ3v) is 4.09. The number of hydrogen-bond acceptors (Lipinski definition) is 2. The van der Waals surface area contributed by atoms with Gasteiger partial charge in [0, 0.05) is 32.7 Å². The molecule has 1 amide bonds. The van der Waals surface area contributed by atoms with Gasteiger partial charge in [0.05, 0.1) is 5.56 Å². The summed E-state index contributed by atoms with van der Waals surface area (Å²) in [7, 11) is 3.21. The van der Waals surface area contributed by atoms with Gasteiger partial charge in [0.1, 0.15) is 0 Å². The van der Waals surface area contributed by atoms with E-state index in [0.717, 1.165) is 17.7 Å². The van der Waals surface area contributed by atoms with Crippen molar-refractivity contribution < 1.29 is 18.0 Å². The van der Waals surface area contributed by atoms with Crippen molar-refractivity contribution in [2.75, 3.05) is 20.6 Å². The molecule has 28 heavy (non-hydrogen) atoms. The predicted octanol–water partition coefficient (Wildman–Crippen LogP) is 2.97. The molecule has 0 atom stereocenters. The van der Waals surface area contributed by atoms with Crippen molar-refractivity contribution in [1.82, 2.24) is 16.0 Å². The highest BCUT2D eigenvalue weighted by Gasteiger charge is 2.29. The monoisotopic (exact) mass is 392 g/mol. The Morgan fingerprint density at radius 2 is 1.75 bits per heavy atom. The summed E-state index contributed by atoms with van der Waals surface area (Å²) < 4.78 is 37.8. The van der Waals surface area contributed by atoms with E-state index < -0.39 is 11.7 Å². The van der Waals surface area contributed by atoms with Gasteiger partial charge in [-0.15, -0.1) is 0 Å². The summed E-state index contributed by atoms with van der Waals surface area (Å²) in [5, 5.41) is 8.80. The largest absolute Gasteiger partial charge is 0.416 e. The summed E-state index contributed by atoms with van der Waals surface area (Å²) in [6, 6.07) is 12.4. The number of hydrogen-bond donors (Lipinski definition) is 3. The van der Waals surface area contributed by atoms with Crippen LogP contribution in [0.25, 0.3) is 0 Å². The zero-order chi connectivity index (χ0) is 20.6. The first-order valence-electron chi connectivity index (χ1n) is 8.75. The summed E-state index contributed by atoms with van der Waals surface area (Å²) in [4.78, 5) is 15.8. The molecule has 0 saturated heterocycles. The van der Waals surface area contributed by atoms with Crippen molar-refractivity contribution >= 4 is 11.9 Å². The number of nitrogens with zero attached hydrogens (tertiary/aromatic N) is 1. The van der Waals surface area contributed by atoms with Gasteiger partial charge in [0.15, 0.2) is 5.96 Å². The quantitative estimate of drug-likeness (QED) is 0.523. The summed E-state index contributed by atoms with van der Waals surface area (Å²) in [5.74, 6) is 0.409. The number of halogens is 3. The van der Waals surface area contributed by atoms with E-state index in [1.807, 2.05) is 18.2 Å². The molecule has 150 valence electrons. The van der Waals surface area contributed by atoms with Gasteiger partial charge in [-0.1, -0.05) is 24.3 Å². The van der Waals surface area contributed by atoms with E-state index in [0.29, 0.717) is 36.6 Å². The Kier molecular flexibility index (Phi) is 7.43. The molecular weight excluding hydrogens is 369 g/mol. The highest BCUT2D eigenvalue weighted by atomic mass is 19.4. The molecule has 5 nitrogen and oxygen atoms in total. The third kappa shape index (κ3) is 6.29. The molecule has 0 heterocycles. The van der Waals surface area contributed by atoms with E-state index in [1.165, 1.54) is 12.1 Å². The molecule has 0 spiro atoms. The summed E-state index contributed by atoms with van der Waals surface area (Å²) >= 11 is 0. The Hall–Kier alpha value is -3.03. The molecule has 0 bridgehead atoms. The van der Waals surface area contributed by atoms with Crippen LogP contribution in [0.4, 0.5) is 13.2 Å². The number of rotatable bonds is 6. The first-order chi connectivity index (χ1) is 13.3. The highest BCUT2D eigenvalue weighted by Crippen LogP contribution is 2.29. The van der Waals surface area contributed by atoms with Gasteiger partial charge < -0.3 is 16.0 Å². The van der Waals surface area contributed by atoms with Crippen molar-refractivity contribution in [3.63, 3.8) is 0 Å². The second-order valence-electron chi connectivity index (χ2n) is 6.08. The van der Waals surface area contributed by atoms with Crippen molar-refractivity contribution in [1.29, 1.82) is 0 Å². The average molecular weight is 392 g/mol. The molecule has 0 unspecified atom stereocenters. The van der Waals surface area contributed by atoms with E-state index in [2.05, 4.69) is 20.9 Å². The van der Waals surface area contributed by atoms with Gasteiger partial charge >= 0.3 is 6.18 Å². The molecule has 8 heteroatoms. The van der Waals surface area contributed by atoms with Gasteiger partial charge in [-0.3, -0.25) is 9.79 Å². The maximum absolute atomic E-state index is 12.6. The molecule has 2 aromatic rings. The smallest absolute Gasteiger partial charge is 0.356 e. The fraction of sp³-hybridized carbons (Fsp3) is 0.300. The van der Waals surface area contributed by atoms with Crippen LogP contribution in [0.1, 0.15) is 27.0 Å². The minimum Gasteiger partial charge on any atom is -0.356 e. The van der Waals surface area contributed by atoms with Gasteiger partial charge in [-0.2, -0.15) is 13.2 Å². The van der Waals surface area contributed by atoms with Gasteiger partial charge in [-0.25, -0.2) is 0 Å². The number of amides is 1. The molecule has 2 aromatic carbocycles. The maximum Gasteiger partial charge on any atom is 0.416 e. The molecule has 0 aliphatic carbocycles. The van der Waals surface area contributed by atoms with Gasteiger partial charge in [0.2, 0.25) is 0 Å². The number of alkyl halides is 3. The molecule has 0 radical (unpaired) electrons. The first-order valence-corrected chi connectivity index (χ1v) is 8.75. The molecular formula is C20H23F3N4O. The fourth-order valence-corrected chi connectivity index (χ4v) is 2.56. The zero-order valence-electron chi connectivity index (χ0n) is 15.7. The Bertz CT molecular complexity index is 817. The highest BCUT2D eigenvalue weighted by molar-refractivity contribution is 5.94. The second kappa shape index (κ2) is 9.77. The zero-order valence-corrected chi connectivity index (χ0v) is 15.7. The lowest BCUT2D eigenvalue weighted by atomic mass is 10.1. The number of carbonyl (C=O) groups excluding carboxylic acids is 1. The van der Waals surface area contributed by atoms with E-state index in [4.69, 9.17) is 0 Å². The van der Waals surface area contributed by atoms with Crippen molar-refractivity contribution in [3.8, 4) is 0 Å². The second-order valence-corrected chi connectivity index (χ2v) is 6.08. The molecule has 0 aliphatic heterocycles. The maximum atomic E-state index is 12.6. The number of carbonyl (C=O) groups is 1. The summed E-state index contributed by atoms with van der Waals surface area (Å²) in [5.41, 5.74) is 1.66. The van der Waals surface area contributed by atoms with Crippen molar-refractivity contribution in [2.24, 2.45) is 4.99 Å². The molecule has 0 aromatic heterocycles. The van der Waals surface area contributed by atoms with Crippen LogP contribution in [-0.4, -0.2) is 32.5 Å². The minimum atomic E-state index is -4.33. The van der Waals surface area contributed by atoms with Crippen LogP contribution >= 0.6 is 0 Å². The molecule has 2 rings (SSSR count). The molecule has 0 aliphatic rings. The summed E-state index contributed by atoms with van der Waals surface area (Å²) in [6.07, 6.45) is -3.65. The summed E-state index contributed by atoms with van der Waals surface area (Å²) in [6.45, 7) is 0.938. The molecule has 3 N–H and O–H groups in total. The number of benzene rings is 2. The third-order valence-electron chi connectivity index (χ3n) is 4.09. The standard InChI is InChI=1S/C20H23F3N4O/c1-24-18(28)16-5-3-4-14(12-16)10-11-26-19(25-2)27-13-15-6-8-17(9-7-15)20(21,22)23/h3-9,12H,10-11,13H2,1-2H3,(H,24,28)(H2,25,26,27). The van der Waals surface area contributed by atoms with Crippen LogP contribution in [0.5, 0.6) is 0 Å². The SMILES string of the molecule is CN=C(NCCc1cccc(C(=O)NC)c1)NCc1ccc(C(F)(F)F)cc1. The van der Waals surface area contributed by atoms with E-state index in [9.17, 15) is 18.0 Å². The lowest BCUT2D eigenvalue weighted by Crippen LogP contribution is -2.37. The lowest BCUT2D eigenvalue weighted by molar-refractivity contribution is -0.137. The Morgan fingerprint density at radius 3 is 2.36 bits per heavy atom. The molecule has 0 saturated carbocycles. The topological polar surface area (TPSA) is 65.5 Å². The van der Waals surface area contributed by atoms with Crippen LogP contribution in [0.2, 0.25) is 0 Å². The Morgan fingerprint density at radius 1 is 1.04 bits per heavy atom. The van der Waals surface area contributed by atoms with Gasteiger partial charge in [0.25, 0.3) is 5.91 Å². The van der Waals surface area contributed by atoms with E-state index >= 15 is 0 Å². The predicted molar refractivity (Wildman–Crippen MR) is 103 cm³/mol. The molecule has 0 fully saturated rings. The van der Waals surface area contributed by atoms with Crippen LogP contribution in [0.3, 0.4) is 0 Å². The number of guanidine groups is 1. The van der Waals surface area contributed by atoms with Gasteiger partial charge in [-0.05, 0) is 41.8 Å². The first kappa shape index (κ1) is 21.3. The minimum absolute atomic E-state index is 0.135. The van der Waals surface area contributed by atoms with Crippen LogP contribution in [0, 0.1) is 0 Å². The van der Waals surface area contributed by atoms with E-state index in [-0.39, 0.29) is 5.91 Å². The van der Waals surface area contributed by atoms with Crippen LogP contribution in [0.15, 0.2) is 53.5 Å². The number of aliphatic imine (C=N–C) groups is 1.